The summed E-state index contributed by atoms with van der Waals surface area (Å²) in [7, 11) is 0. The van der Waals surface area contributed by atoms with Gasteiger partial charge < -0.3 is 10.2 Å². The van der Waals surface area contributed by atoms with Gasteiger partial charge in [-0.15, -0.1) is 0 Å². The summed E-state index contributed by atoms with van der Waals surface area (Å²) in [5.41, 5.74) is 6.66. The highest BCUT2D eigenvalue weighted by atomic mass is 16.3. The van der Waals surface area contributed by atoms with Crippen LogP contribution in [-0.4, -0.2) is 5.78 Å². The molecule has 0 saturated heterocycles. The molecule has 80 valence electrons. The lowest BCUT2D eigenvalue weighted by Gasteiger charge is -1.97. The van der Waals surface area contributed by atoms with Crippen LogP contribution in [0.4, 0.5) is 0 Å². The Labute approximate surface area is 93.2 Å². The molecule has 1 heterocycles. The van der Waals surface area contributed by atoms with Crippen molar-refractivity contribution in [2.45, 2.75) is 0 Å². The Morgan fingerprint density at radius 1 is 1.12 bits per heavy atom. The lowest BCUT2D eigenvalue weighted by Crippen LogP contribution is -2.01. The Balaban J connectivity index is 2.22. The molecule has 0 atom stereocenters. The van der Waals surface area contributed by atoms with Crippen molar-refractivity contribution in [2.24, 2.45) is 5.73 Å². The molecular weight excluding hydrogens is 202 g/mol. The molecule has 0 saturated carbocycles. The molecule has 3 heteroatoms. The number of hydrogen-bond acceptors (Lipinski definition) is 3. The molecular formula is C13H11NO2. The summed E-state index contributed by atoms with van der Waals surface area (Å²) in [5, 5.41) is 0. The molecule has 0 aliphatic rings. The van der Waals surface area contributed by atoms with Gasteiger partial charge in [-0.3, -0.25) is 4.79 Å². The van der Waals surface area contributed by atoms with Crippen LogP contribution < -0.4 is 5.73 Å². The first-order valence-corrected chi connectivity index (χ1v) is 4.88. The van der Waals surface area contributed by atoms with E-state index in [0.717, 1.165) is 0 Å². The van der Waals surface area contributed by atoms with Gasteiger partial charge in [0.1, 0.15) is 5.76 Å². The van der Waals surface area contributed by atoms with Crippen molar-refractivity contribution in [3.05, 3.63) is 66.1 Å². The van der Waals surface area contributed by atoms with Gasteiger partial charge in [-0.2, -0.15) is 0 Å². The highest BCUT2D eigenvalue weighted by molar-refractivity contribution is 6.07. The zero-order chi connectivity index (χ0) is 11.4. The fraction of sp³-hybridized carbons (Fsp3) is 0. The topological polar surface area (TPSA) is 56.2 Å². The van der Waals surface area contributed by atoms with Crippen LogP contribution >= 0.6 is 0 Å². The van der Waals surface area contributed by atoms with E-state index in [1.54, 1.807) is 24.3 Å². The molecule has 0 radical (unpaired) electrons. The SMILES string of the molecule is N/C(=C/C(=O)c1ccccc1)c1ccco1. The third-order valence-corrected chi connectivity index (χ3v) is 2.15. The molecule has 2 aromatic rings. The lowest BCUT2D eigenvalue weighted by molar-refractivity contribution is 0.104. The maximum atomic E-state index is 11.8. The van der Waals surface area contributed by atoms with Gasteiger partial charge >= 0.3 is 0 Å². The van der Waals surface area contributed by atoms with E-state index in [9.17, 15) is 4.79 Å². The maximum Gasteiger partial charge on any atom is 0.188 e. The summed E-state index contributed by atoms with van der Waals surface area (Å²) in [6.45, 7) is 0. The third-order valence-electron chi connectivity index (χ3n) is 2.15. The summed E-state index contributed by atoms with van der Waals surface area (Å²) in [4.78, 5) is 11.8. The van der Waals surface area contributed by atoms with Crippen molar-refractivity contribution in [1.29, 1.82) is 0 Å². The number of rotatable bonds is 3. The molecule has 0 amide bonds. The highest BCUT2D eigenvalue weighted by Gasteiger charge is 2.05. The second kappa shape index (κ2) is 4.49. The number of ketones is 1. The molecule has 0 aliphatic carbocycles. The first-order valence-electron chi connectivity index (χ1n) is 4.88. The van der Waals surface area contributed by atoms with E-state index in [2.05, 4.69) is 0 Å². The summed E-state index contributed by atoms with van der Waals surface area (Å²) in [6, 6.07) is 12.4. The average Bonchev–Trinajstić information content (AvgIpc) is 2.83. The molecule has 0 fully saturated rings. The molecule has 2 N–H and O–H groups in total. The maximum absolute atomic E-state index is 11.8. The monoisotopic (exact) mass is 213 g/mol. The van der Waals surface area contributed by atoms with Crippen LogP contribution in [0.5, 0.6) is 0 Å². The number of benzene rings is 1. The summed E-state index contributed by atoms with van der Waals surface area (Å²) >= 11 is 0. The lowest BCUT2D eigenvalue weighted by atomic mass is 10.1. The number of carbonyl (C=O) groups excluding carboxylic acids is 1. The van der Waals surface area contributed by atoms with Gasteiger partial charge in [0.05, 0.1) is 12.0 Å². The number of allylic oxidation sites excluding steroid dienone is 1. The van der Waals surface area contributed by atoms with E-state index in [0.29, 0.717) is 17.0 Å². The van der Waals surface area contributed by atoms with E-state index in [-0.39, 0.29) is 5.78 Å². The van der Waals surface area contributed by atoms with Gasteiger partial charge in [-0.05, 0) is 12.1 Å². The molecule has 3 nitrogen and oxygen atoms in total. The summed E-state index contributed by atoms with van der Waals surface area (Å²) in [6.07, 6.45) is 2.89. The van der Waals surface area contributed by atoms with E-state index in [4.69, 9.17) is 10.2 Å². The first-order chi connectivity index (χ1) is 7.77. The van der Waals surface area contributed by atoms with Gasteiger partial charge in [0, 0.05) is 11.6 Å². The molecule has 1 aromatic heterocycles. The Morgan fingerprint density at radius 3 is 2.50 bits per heavy atom. The van der Waals surface area contributed by atoms with Crippen LogP contribution in [0.15, 0.2) is 59.2 Å². The molecule has 16 heavy (non-hydrogen) atoms. The van der Waals surface area contributed by atoms with E-state index in [1.165, 1.54) is 12.3 Å². The molecule has 0 spiro atoms. The normalized spacial score (nSPS) is 11.4. The predicted molar refractivity (Wildman–Crippen MR) is 61.6 cm³/mol. The minimum atomic E-state index is -0.130. The Kier molecular flexibility index (Phi) is 2.87. The molecule has 0 bridgehead atoms. The van der Waals surface area contributed by atoms with Crippen molar-refractivity contribution in [3.63, 3.8) is 0 Å². The van der Waals surface area contributed by atoms with E-state index < -0.39 is 0 Å². The highest BCUT2D eigenvalue weighted by Crippen LogP contribution is 2.10. The van der Waals surface area contributed by atoms with E-state index in [1.807, 2.05) is 18.2 Å². The standard InChI is InChI=1S/C13H11NO2/c14-11(13-7-4-8-16-13)9-12(15)10-5-2-1-3-6-10/h1-9H,14H2/b11-9+. The zero-order valence-electron chi connectivity index (χ0n) is 8.59. The van der Waals surface area contributed by atoms with Gasteiger partial charge in [0.2, 0.25) is 0 Å². The minimum Gasteiger partial charge on any atom is -0.463 e. The number of hydrogen-bond donors (Lipinski definition) is 1. The number of carbonyl (C=O) groups is 1. The van der Waals surface area contributed by atoms with Gasteiger partial charge in [-0.1, -0.05) is 30.3 Å². The largest absolute Gasteiger partial charge is 0.463 e. The summed E-state index contributed by atoms with van der Waals surface area (Å²) < 4.78 is 5.09. The quantitative estimate of drug-likeness (QED) is 0.629. The molecule has 2 rings (SSSR count). The number of nitrogens with two attached hydrogens (primary N) is 1. The van der Waals surface area contributed by atoms with Crippen LogP contribution in [0.25, 0.3) is 5.70 Å². The number of furan rings is 1. The molecule has 0 aliphatic heterocycles. The second-order valence-corrected chi connectivity index (χ2v) is 3.31. The van der Waals surface area contributed by atoms with Crippen molar-refractivity contribution in [2.75, 3.05) is 0 Å². The summed E-state index contributed by atoms with van der Waals surface area (Å²) in [5.74, 6) is 0.374. The van der Waals surface area contributed by atoms with Gasteiger partial charge in [0.25, 0.3) is 0 Å². The third kappa shape index (κ3) is 2.20. The molecule has 0 unspecified atom stereocenters. The van der Waals surface area contributed by atoms with Gasteiger partial charge in [0.15, 0.2) is 5.78 Å². The Hall–Kier alpha value is -2.29. The van der Waals surface area contributed by atoms with Crippen LogP contribution in [0.3, 0.4) is 0 Å². The van der Waals surface area contributed by atoms with Crippen LogP contribution in [0, 0.1) is 0 Å². The van der Waals surface area contributed by atoms with Crippen LogP contribution in [0.2, 0.25) is 0 Å². The first kappa shape index (κ1) is 10.2. The fourth-order valence-corrected chi connectivity index (χ4v) is 1.34. The van der Waals surface area contributed by atoms with Crippen molar-refractivity contribution in [1.82, 2.24) is 0 Å². The molecule has 1 aromatic carbocycles. The van der Waals surface area contributed by atoms with E-state index >= 15 is 0 Å². The predicted octanol–water partition coefficient (Wildman–Crippen LogP) is 2.46. The zero-order valence-corrected chi connectivity index (χ0v) is 8.59. The van der Waals surface area contributed by atoms with Crippen LogP contribution in [-0.2, 0) is 0 Å². The van der Waals surface area contributed by atoms with Crippen molar-refractivity contribution < 1.29 is 9.21 Å². The fourth-order valence-electron chi connectivity index (χ4n) is 1.34. The smallest absolute Gasteiger partial charge is 0.188 e. The van der Waals surface area contributed by atoms with Crippen LogP contribution in [0.1, 0.15) is 16.1 Å². The minimum absolute atomic E-state index is 0.130. The Morgan fingerprint density at radius 2 is 1.88 bits per heavy atom. The van der Waals surface area contributed by atoms with Gasteiger partial charge in [-0.25, -0.2) is 0 Å². The van der Waals surface area contributed by atoms with Crippen molar-refractivity contribution in [3.8, 4) is 0 Å². The average molecular weight is 213 g/mol. The second-order valence-electron chi connectivity index (χ2n) is 3.31. The van der Waals surface area contributed by atoms with Crippen molar-refractivity contribution >= 4 is 11.5 Å². The Bertz CT molecular complexity index is 498.